The van der Waals surface area contributed by atoms with E-state index in [0.29, 0.717) is 27.8 Å². The average Bonchev–Trinajstić information content (AvgIpc) is 1.79. The quantitative estimate of drug-likeness (QED) is 0.0560. The fourth-order valence-electron chi connectivity index (χ4n) is 14.7. The third-order valence-electron chi connectivity index (χ3n) is 21.5. The van der Waals surface area contributed by atoms with Gasteiger partial charge in [-0.2, -0.15) is 0 Å². The Morgan fingerprint density at radius 2 is 1.06 bits per heavy atom. The van der Waals surface area contributed by atoms with Gasteiger partial charge in [-0.3, -0.25) is 62.4 Å². The molecule has 0 radical (unpaired) electrons. The molecule has 12 amide bonds. The Hall–Kier alpha value is -9.19. The summed E-state index contributed by atoms with van der Waals surface area (Å²) in [4.78, 5) is 208. The van der Waals surface area contributed by atoms with E-state index in [2.05, 4.69) is 42.2 Å². The molecule has 1 aliphatic rings. The monoisotopic (exact) mass is 1580 g/mol. The second kappa shape index (κ2) is 42.8. The number of aromatic amines is 1. The number of carbonyl (C=O) groups is 13. The summed E-state index contributed by atoms with van der Waals surface area (Å²) >= 11 is 0. The first-order valence-corrected chi connectivity index (χ1v) is 39.8. The number of hydrogen-bond acceptors (Lipinski definition) is 17. The largest absolute Gasteiger partial charge is 0.496 e. The number of rotatable bonds is 24. The minimum Gasteiger partial charge on any atom is -0.496 e. The highest BCUT2D eigenvalue weighted by Crippen LogP contribution is 2.31. The number of carbonyl (C=O) groups excluding carboxylic acids is 13. The zero-order valence-corrected chi connectivity index (χ0v) is 72.1. The Morgan fingerprint density at radius 3 is 1.56 bits per heavy atom. The second-order valence-electron chi connectivity index (χ2n) is 33.7. The molecule has 2 aromatic carbocycles. The molecule has 4 rings (SSSR count). The number of ether oxygens (including phenoxy) is 2. The fraction of sp³-hybridized carbons (Fsp3) is 0.675. The van der Waals surface area contributed by atoms with Gasteiger partial charge in [-0.15, -0.1) is 0 Å². The summed E-state index contributed by atoms with van der Waals surface area (Å²) in [5.74, 6) is -15.4. The van der Waals surface area contributed by atoms with Crippen molar-refractivity contribution in [3.8, 4) is 5.75 Å². The zero-order valence-electron chi connectivity index (χ0n) is 72.1. The minimum atomic E-state index is -1.97. The number of aliphatic hydroxyl groups is 1. The van der Waals surface area contributed by atoms with Crippen LogP contribution in [0.1, 0.15) is 162 Å². The number of esters is 1. The number of likely N-dealkylation sites (N-methyl/N-ethyl adjacent to an activating group) is 6. The number of cyclic esters (lactones) is 1. The topological polar surface area (TPSA) is 380 Å². The van der Waals surface area contributed by atoms with E-state index in [1.807, 2.05) is 33.8 Å². The highest BCUT2D eigenvalue weighted by Gasteiger charge is 2.47. The van der Waals surface area contributed by atoms with Crippen LogP contribution in [0.2, 0.25) is 0 Å². The normalized spacial score (nSPS) is 24.1. The summed E-state index contributed by atoms with van der Waals surface area (Å²) in [5, 5.41) is 32.1. The van der Waals surface area contributed by atoms with E-state index < -0.39 is 209 Å². The van der Waals surface area contributed by atoms with Crippen LogP contribution in [0.5, 0.6) is 5.75 Å². The highest BCUT2D eigenvalue weighted by molar-refractivity contribution is 6.01. The predicted octanol–water partition coefficient (Wildman–Crippen LogP) is 4.43. The molecule has 0 bridgehead atoms. The number of hydrogen-bond donors (Lipinski definition) is 9. The lowest BCUT2D eigenvalue weighted by Gasteiger charge is -2.39. The Bertz CT molecular complexity index is 3760. The molecule has 1 saturated heterocycles. The molecule has 632 valence electrons. The number of amides is 12. The van der Waals surface area contributed by atoms with Gasteiger partial charge in [-0.05, 0) is 111 Å². The molecule has 0 saturated carbocycles. The van der Waals surface area contributed by atoms with Crippen LogP contribution in [0.4, 0.5) is 0 Å². The third kappa shape index (κ3) is 24.7. The Morgan fingerprint density at radius 1 is 0.549 bits per heavy atom. The number of benzene rings is 2. The van der Waals surface area contributed by atoms with Crippen molar-refractivity contribution in [2.45, 2.75) is 255 Å². The number of fused-ring (bicyclic) bond motifs is 1. The van der Waals surface area contributed by atoms with Crippen LogP contribution in [-0.4, -0.2) is 264 Å². The zero-order chi connectivity index (χ0) is 86.0. The molecule has 3 aromatic rings. The molecule has 30 heteroatoms. The Kier molecular flexibility index (Phi) is 36.4. The number of nitrogens with zero attached hydrogens (tertiary/aromatic N) is 6. The summed E-state index contributed by atoms with van der Waals surface area (Å²) in [6.45, 7) is 33.5. The molecule has 1 aliphatic heterocycles. The van der Waals surface area contributed by atoms with Crippen LogP contribution in [-0.2, 0) is 79.9 Å². The van der Waals surface area contributed by atoms with Gasteiger partial charge in [0.05, 0.1) is 19.3 Å². The van der Waals surface area contributed by atoms with Gasteiger partial charge < -0.3 is 81.3 Å². The fourth-order valence-corrected chi connectivity index (χ4v) is 14.7. The molecular formula is C83H134N14O16. The van der Waals surface area contributed by atoms with Crippen molar-refractivity contribution in [3.63, 3.8) is 0 Å². The minimum absolute atomic E-state index is 0.0405. The lowest BCUT2D eigenvalue weighted by Crippen LogP contribution is -2.65. The number of aliphatic hydroxyl groups excluding tert-OH is 1. The van der Waals surface area contributed by atoms with Crippen LogP contribution in [0.25, 0.3) is 10.9 Å². The Labute approximate surface area is 669 Å². The van der Waals surface area contributed by atoms with Crippen LogP contribution >= 0.6 is 0 Å². The maximum atomic E-state index is 15.8. The number of H-pyrrole nitrogens is 1. The molecular weight excluding hydrogens is 1450 g/mol. The maximum Gasteiger partial charge on any atom is 0.329 e. The van der Waals surface area contributed by atoms with Gasteiger partial charge in [0.1, 0.15) is 84.4 Å². The molecule has 0 aliphatic carbocycles. The van der Waals surface area contributed by atoms with E-state index in [9.17, 15) is 14.7 Å². The first-order chi connectivity index (χ1) is 52.6. The van der Waals surface area contributed by atoms with E-state index in [-0.39, 0.29) is 37.5 Å². The van der Waals surface area contributed by atoms with Crippen molar-refractivity contribution in [2.24, 2.45) is 53.3 Å². The molecule has 16 atom stereocenters. The molecule has 113 heavy (non-hydrogen) atoms. The number of nitrogens with one attached hydrogen (secondary N) is 8. The van der Waals surface area contributed by atoms with Crippen molar-refractivity contribution in [3.05, 3.63) is 65.9 Å². The second-order valence-corrected chi connectivity index (χ2v) is 33.7. The van der Waals surface area contributed by atoms with Crippen molar-refractivity contribution in [1.29, 1.82) is 0 Å². The SMILES string of the molecule is CCC(C)C(C(=O)NC1C(=O)N(C)C(C(C)O)C(=O)NC(C(C)C)C(=O)N(C)C(CC(C)C)C(=O)NC(C(C)C)C(=O)N(C)C(C(C)C)C(=O)N(C)C(Cc2c[nH]c3cccc(OC)c23)C(=O)NC(C(C)C)C(=O)NC(Cc2ccccc2)C(=O)NC(C(C)C)C(=O)OC1C)N(C)C(=O)C(NC(=O)C(C(C)C)N(C)C)C(C)C. The van der Waals surface area contributed by atoms with Crippen LogP contribution in [0.3, 0.4) is 0 Å². The molecule has 9 N–H and O–H groups in total. The van der Waals surface area contributed by atoms with Crippen LogP contribution in [0.15, 0.2) is 54.7 Å². The van der Waals surface area contributed by atoms with E-state index in [4.69, 9.17) is 9.47 Å². The van der Waals surface area contributed by atoms with Gasteiger partial charge in [-0.25, -0.2) is 4.79 Å². The van der Waals surface area contributed by atoms with Crippen LogP contribution in [0, 0.1) is 53.3 Å². The molecule has 16 unspecified atom stereocenters. The number of methoxy groups -OCH3 is 1. The molecule has 1 fully saturated rings. The van der Waals surface area contributed by atoms with Gasteiger partial charge >= 0.3 is 5.97 Å². The van der Waals surface area contributed by atoms with Crippen molar-refractivity contribution >= 4 is 87.8 Å². The van der Waals surface area contributed by atoms with Gasteiger partial charge in [-0.1, -0.05) is 167 Å². The van der Waals surface area contributed by atoms with Gasteiger partial charge in [0.15, 0.2) is 0 Å². The standard InChI is InChI=1S/C83H134N14O16/c1-29-50(18)69(96(26)80(108)64(46(10)11)88-75(103)67(48(14)15)92(21)22)76(104)91-66-52(20)113-83(111)65(47(12)13)90-71(99)56(39-53-34-31-30-32-35-53)85-74(102)61(43(4)5)86-73(101)58(40-54-41-84-55-36-33-37-59(112-28)60(54)55)94(24)82(110)68(49(16)17)95(25)79(107)63(45(8)9)87-72(100)57(38-42(2)3)93(23)78(106)62(44(6)7)89-77(105)70(51(19)98)97(27)81(66)109/h30-37,41-52,56-58,61-70,84,98H,29,38-40H2,1-28H3,(H,85,102)(H,86,101)(H,87,100)(H,88,103)(H,89,105)(H,90,99)(H,91,104). The first kappa shape index (κ1) is 96.2. The summed E-state index contributed by atoms with van der Waals surface area (Å²) in [6.07, 6.45) is -1.78. The third-order valence-corrected chi connectivity index (χ3v) is 21.5. The van der Waals surface area contributed by atoms with Crippen molar-refractivity contribution in [1.82, 2.24) is 71.6 Å². The van der Waals surface area contributed by atoms with Crippen LogP contribution < -0.4 is 42.0 Å². The summed E-state index contributed by atoms with van der Waals surface area (Å²) in [5.41, 5.74) is 1.77. The Balaban J connectivity index is 2.07. The van der Waals surface area contributed by atoms with Gasteiger partial charge in [0.2, 0.25) is 70.9 Å². The molecule has 2 heterocycles. The van der Waals surface area contributed by atoms with E-state index in [1.165, 1.54) is 63.8 Å². The summed E-state index contributed by atoms with van der Waals surface area (Å²) in [6, 6.07) is -4.32. The van der Waals surface area contributed by atoms with E-state index in [0.717, 1.165) is 16.8 Å². The first-order valence-electron chi connectivity index (χ1n) is 39.8. The lowest BCUT2D eigenvalue weighted by molar-refractivity contribution is -0.160. The predicted molar refractivity (Wildman–Crippen MR) is 432 cm³/mol. The van der Waals surface area contributed by atoms with Gasteiger partial charge in [0, 0.05) is 65.2 Å². The molecule has 1 aromatic heterocycles. The summed E-state index contributed by atoms with van der Waals surface area (Å²) in [7, 11) is 11.7. The van der Waals surface area contributed by atoms with E-state index in [1.54, 1.807) is 165 Å². The highest BCUT2D eigenvalue weighted by atomic mass is 16.5. The van der Waals surface area contributed by atoms with Gasteiger partial charge in [0.25, 0.3) is 0 Å². The summed E-state index contributed by atoms with van der Waals surface area (Å²) < 4.78 is 12.0. The smallest absolute Gasteiger partial charge is 0.329 e. The molecule has 0 spiro atoms. The van der Waals surface area contributed by atoms with Crippen molar-refractivity contribution < 1.29 is 76.9 Å². The molecule has 30 nitrogen and oxygen atoms in total. The number of aromatic nitrogens is 1. The van der Waals surface area contributed by atoms with E-state index >= 15 is 52.7 Å². The average molecular weight is 1580 g/mol. The maximum absolute atomic E-state index is 15.8. The van der Waals surface area contributed by atoms with Crippen molar-refractivity contribution in [2.75, 3.05) is 56.4 Å². The lowest BCUT2D eigenvalue weighted by atomic mass is 9.93.